The van der Waals surface area contributed by atoms with E-state index in [0.29, 0.717) is 24.6 Å². The van der Waals surface area contributed by atoms with E-state index in [0.717, 1.165) is 28.8 Å². The molecule has 0 aliphatic rings. The molecule has 1 aromatic heterocycles. The Hall–Kier alpha value is -2.95. The van der Waals surface area contributed by atoms with Crippen molar-refractivity contribution < 1.29 is 9.32 Å². The lowest BCUT2D eigenvalue weighted by atomic mass is 10.1. The summed E-state index contributed by atoms with van der Waals surface area (Å²) in [6.07, 6.45) is 1.59. The zero-order chi connectivity index (χ0) is 18.5. The Morgan fingerprint density at radius 3 is 2.62 bits per heavy atom. The van der Waals surface area contributed by atoms with Gasteiger partial charge >= 0.3 is 0 Å². The maximum atomic E-state index is 12.3. The van der Waals surface area contributed by atoms with Crippen LogP contribution in [0.5, 0.6) is 0 Å². The van der Waals surface area contributed by atoms with Gasteiger partial charge in [-0.3, -0.25) is 4.79 Å². The molecule has 0 atom stereocenters. The van der Waals surface area contributed by atoms with Gasteiger partial charge in [-0.15, -0.1) is 0 Å². The zero-order valence-corrected chi connectivity index (χ0v) is 15.4. The second kappa shape index (κ2) is 7.95. The number of hydrogen-bond donors (Lipinski definition) is 1. The van der Waals surface area contributed by atoms with Crippen LogP contribution in [-0.2, 0) is 17.6 Å². The van der Waals surface area contributed by atoms with Crippen LogP contribution in [0.1, 0.15) is 35.9 Å². The van der Waals surface area contributed by atoms with E-state index in [4.69, 9.17) is 4.52 Å². The molecule has 3 aromatic rings. The highest BCUT2D eigenvalue weighted by molar-refractivity contribution is 5.92. The van der Waals surface area contributed by atoms with Crippen LogP contribution in [0.2, 0.25) is 0 Å². The van der Waals surface area contributed by atoms with Gasteiger partial charge in [0.15, 0.2) is 0 Å². The van der Waals surface area contributed by atoms with E-state index in [1.165, 1.54) is 5.56 Å². The van der Waals surface area contributed by atoms with Crippen molar-refractivity contribution >= 4 is 11.6 Å². The number of para-hydroxylation sites is 1. The van der Waals surface area contributed by atoms with Gasteiger partial charge in [0, 0.05) is 24.1 Å². The van der Waals surface area contributed by atoms with Crippen molar-refractivity contribution in [2.24, 2.45) is 0 Å². The second-order valence-electron chi connectivity index (χ2n) is 6.39. The van der Waals surface area contributed by atoms with Crippen LogP contribution in [0.15, 0.2) is 47.0 Å². The summed E-state index contributed by atoms with van der Waals surface area (Å²) >= 11 is 0. The number of nitrogens with one attached hydrogen (secondary N) is 1. The van der Waals surface area contributed by atoms with Gasteiger partial charge in [0.05, 0.1) is 0 Å². The number of amides is 1. The van der Waals surface area contributed by atoms with E-state index in [1.54, 1.807) is 0 Å². The maximum absolute atomic E-state index is 12.3. The summed E-state index contributed by atoms with van der Waals surface area (Å²) in [5, 5.41) is 7.02. The van der Waals surface area contributed by atoms with Gasteiger partial charge in [0.25, 0.3) is 0 Å². The number of carbonyl (C=O) groups excluding carboxylic acids is 1. The fourth-order valence-corrected chi connectivity index (χ4v) is 2.80. The van der Waals surface area contributed by atoms with E-state index in [9.17, 15) is 4.79 Å². The Kier molecular flexibility index (Phi) is 5.46. The Balaban J connectivity index is 1.61. The first-order chi connectivity index (χ1) is 12.6. The molecule has 0 unspecified atom stereocenters. The highest BCUT2D eigenvalue weighted by Gasteiger charge is 2.12. The fourth-order valence-electron chi connectivity index (χ4n) is 2.80. The Morgan fingerprint density at radius 1 is 1.12 bits per heavy atom. The number of anilines is 1. The minimum absolute atomic E-state index is 0.0518. The molecule has 1 amide bonds. The van der Waals surface area contributed by atoms with Crippen LogP contribution in [-0.4, -0.2) is 16.0 Å². The highest BCUT2D eigenvalue weighted by Crippen LogP contribution is 2.21. The third kappa shape index (κ3) is 4.17. The van der Waals surface area contributed by atoms with Crippen LogP contribution in [0.3, 0.4) is 0 Å². The molecular formula is C21H23N3O2. The molecule has 0 fully saturated rings. The smallest absolute Gasteiger partial charge is 0.227 e. The molecular weight excluding hydrogens is 326 g/mol. The first-order valence-corrected chi connectivity index (χ1v) is 8.84. The predicted octanol–water partition coefficient (Wildman–Crippen LogP) is 4.49. The lowest BCUT2D eigenvalue weighted by Crippen LogP contribution is -2.14. The first-order valence-electron chi connectivity index (χ1n) is 8.84. The molecule has 26 heavy (non-hydrogen) atoms. The zero-order valence-electron chi connectivity index (χ0n) is 15.4. The van der Waals surface area contributed by atoms with Crippen LogP contribution in [0.4, 0.5) is 5.69 Å². The molecule has 0 aliphatic heterocycles. The summed E-state index contributed by atoms with van der Waals surface area (Å²) in [5.74, 6) is 0.966. The van der Waals surface area contributed by atoms with Gasteiger partial charge in [-0.2, -0.15) is 4.98 Å². The highest BCUT2D eigenvalue weighted by atomic mass is 16.5. The van der Waals surface area contributed by atoms with Crippen molar-refractivity contribution in [2.45, 2.75) is 40.0 Å². The van der Waals surface area contributed by atoms with E-state index >= 15 is 0 Å². The molecule has 5 nitrogen and oxygen atoms in total. The average molecular weight is 349 g/mol. The Bertz CT molecular complexity index is 898. The molecule has 5 heteroatoms. The third-order valence-electron chi connectivity index (χ3n) is 4.35. The molecule has 0 saturated carbocycles. The molecule has 2 aromatic carbocycles. The van der Waals surface area contributed by atoms with Gasteiger partial charge < -0.3 is 9.84 Å². The lowest BCUT2D eigenvalue weighted by Gasteiger charge is -2.12. The topological polar surface area (TPSA) is 68.0 Å². The van der Waals surface area contributed by atoms with Crippen LogP contribution < -0.4 is 5.32 Å². The lowest BCUT2D eigenvalue weighted by molar-refractivity contribution is -0.116. The van der Waals surface area contributed by atoms with Crippen molar-refractivity contribution in [3.05, 3.63) is 65.0 Å². The maximum Gasteiger partial charge on any atom is 0.227 e. The molecule has 0 aliphatic carbocycles. The van der Waals surface area contributed by atoms with Crippen molar-refractivity contribution in [1.82, 2.24) is 10.1 Å². The van der Waals surface area contributed by atoms with E-state index in [2.05, 4.69) is 22.4 Å². The van der Waals surface area contributed by atoms with Gasteiger partial charge in [-0.1, -0.05) is 60.1 Å². The number of rotatable bonds is 6. The molecule has 0 saturated heterocycles. The van der Waals surface area contributed by atoms with Gasteiger partial charge in [0.1, 0.15) is 0 Å². The molecule has 1 heterocycles. The normalized spacial score (nSPS) is 10.7. The monoisotopic (exact) mass is 349 g/mol. The number of aromatic nitrogens is 2. The Morgan fingerprint density at radius 2 is 1.88 bits per heavy atom. The van der Waals surface area contributed by atoms with Crippen LogP contribution in [0.25, 0.3) is 11.4 Å². The Labute approximate surface area is 153 Å². The van der Waals surface area contributed by atoms with Gasteiger partial charge in [-0.05, 0) is 31.4 Å². The molecule has 1 N–H and O–H groups in total. The first kappa shape index (κ1) is 17.9. The summed E-state index contributed by atoms with van der Waals surface area (Å²) in [6.45, 7) is 6.11. The van der Waals surface area contributed by atoms with Crippen molar-refractivity contribution in [3.8, 4) is 11.4 Å². The molecule has 3 rings (SSSR count). The fraction of sp³-hybridized carbons (Fsp3) is 0.286. The SMILES string of the molecule is CCc1cccc(C)c1NC(=O)CCc1nc(-c2ccc(C)cc2)no1. The third-order valence-corrected chi connectivity index (χ3v) is 4.35. The number of aryl methyl sites for hydroxylation is 4. The van der Waals surface area contributed by atoms with E-state index in [1.807, 2.05) is 56.3 Å². The second-order valence-corrected chi connectivity index (χ2v) is 6.39. The van der Waals surface area contributed by atoms with Gasteiger partial charge in [0.2, 0.25) is 17.6 Å². The molecule has 134 valence electrons. The summed E-state index contributed by atoms with van der Waals surface area (Å²) < 4.78 is 5.28. The summed E-state index contributed by atoms with van der Waals surface area (Å²) in [7, 11) is 0. The number of benzene rings is 2. The van der Waals surface area contributed by atoms with Gasteiger partial charge in [-0.25, -0.2) is 0 Å². The standard InChI is InChI=1S/C21H23N3O2/c1-4-16-7-5-6-15(3)20(16)22-18(25)12-13-19-23-21(24-26-19)17-10-8-14(2)9-11-17/h5-11H,4,12-13H2,1-3H3,(H,22,25). The number of carbonyl (C=O) groups is 1. The average Bonchev–Trinajstić information content (AvgIpc) is 3.11. The molecule has 0 spiro atoms. The van der Waals surface area contributed by atoms with Crippen molar-refractivity contribution in [2.75, 3.05) is 5.32 Å². The summed E-state index contributed by atoms with van der Waals surface area (Å²) in [5.41, 5.74) is 5.19. The largest absolute Gasteiger partial charge is 0.339 e. The van der Waals surface area contributed by atoms with E-state index < -0.39 is 0 Å². The van der Waals surface area contributed by atoms with Crippen LogP contribution >= 0.6 is 0 Å². The molecule has 0 bridgehead atoms. The van der Waals surface area contributed by atoms with Crippen molar-refractivity contribution in [3.63, 3.8) is 0 Å². The minimum Gasteiger partial charge on any atom is -0.339 e. The predicted molar refractivity (Wildman–Crippen MR) is 102 cm³/mol. The quantitative estimate of drug-likeness (QED) is 0.712. The minimum atomic E-state index is -0.0518. The number of nitrogens with zero attached hydrogens (tertiary/aromatic N) is 2. The summed E-state index contributed by atoms with van der Waals surface area (Å²) in [4.78, 5) is 16.7. The molecule has 0 radical (unpaired) electrons. The van der Waals surface area contributed by atoms with Crippen LogP contribution in [0, 0.1) is 13.8 Å². The van der Waals surface area contributed by atoms with Crippen molar-refractivity contribution in [1.29, 1.82) is 0 Å². The van der Waals surface area contributed by atoms with E-state index in [-0.39, 0.29) is 5.91 Å². The number of hydrogen-bond acceptors (Lipinski definition) is 4. The summed E-state index contributed by atoms with van der Waals surface area (Å²) in [6, 6.07) is 14.0.